The molecule has 2 unspecified atom stereocenters. The lowest BCUT2D eigenvalue weighted by Gasteiger charge is -2.31. The van der Waals surface area contributed by atoms with Crippen LogP contribution in [0.2, 0.25) is 0 Å². The van der Waals surface area contributed by atoms with Gasteiger partial charge < -0.3 is 10.4 Å². The zero-order valence-corrected chi connectivity index (χ0v) is 13.1. The summed E-state index contributed by atoms with van der Waals surface area (Å²) in [4.78, 5) is 12.7. The maximum absolute atomic E-state index is 12.7. The molecule has 0 aromatic heterocycles. The van der Waals surface area contributed by atoms with Gasteiger partial charge in [-0.3, -0.25) is 4.79 Å². The second-order valence-corrected chi connectivity index (χ2v) is 6.24. The molecule has 1 aliphatic rings. The Morgan fingerprint density at radius 1 is 1.29 bits per heavy atom. The highest BCUT2D eigenvalue weighted by Crippen LogP contribution is 2.28. The lowest BCUT2D eigenvalue weighted by atomic mass is 9.84. The average molecular weight is 289 g/mol. The normalized spacial score (nSPS) is 25.1. The van der Waals surface area contributed by atoms with Crippen molar-refractivity contribution in [2.24, 2.45) is 5.92 Å². The number of nitrogens with one attached hydrogen (secondary N) is 1. The van der Waals surface area contributed by atoms with Crippen LogP contribution < -0.4 is 5.32 Å². The molecule has 1 amide bonds. The standard InChI is InChI=1S/C18H27NO2/c1-3-13(2)17(14-9-5-4-6-10-14)18(21)19-15-11-7-8-12-16(15)20/h4-6,9-10,13,15-17,20H,3,7-8,11-12H2,1-2H3,(H,19,21)/t13?,15-,16-,17?/m0/s1. The molecule has 3 heteroatoms. The molecule has 0 heterocycles. The van der Waals surface area contributed by atoms with Crippen molar-refractivity contribution in [3.8, 4) is 0 Å². The Balaban J connectivity index is 2.11. The van der Waals surface area contributed by atoms with Crippen molar-refractivity contribution in [2.75, 3.05) is 0 Å². The van der Waals surface area contributed by atoms with E-state index in [4.69, 9.17) is 0 Å². The minimum Gasteiger partial charge on any atom is -0.391 e. The van der Waals surface area contributed by atoms with Gasteiger partial charge in [-0.15, -0.1) is 0 Å². The van der Waals surface area contributed by atoms with Crippen LogP contribution >= 0.6 is 0 Å². The van der Waals surface area contributed by atoms with E-state index in [9.17, 15) is 9.90 Å². The number of carbonyl (C=O) groups is 1. The van der Waals surface area contributed by atoms with Crippen molar-refractivity contribution in [1.29, 1.82) is 0 Å². The van der Waals surface area contributed by atoms with Gasteiger partial charge in [-0.25, -0.2) is 0 Å². The average Bonchev–Trinajstić information content (AvgIpc) is 2.50. The Morgan fingerprint density at radius 3 is 2.57 bits per heavy atom. The summed E-state index contributed by atoms with van der Waals surface area (Å²) in [7, 11) is 0. The molecular weight excluding hydrogens is 262 g/mol. The lowest BCUT2D eigenvalue weighted by molar-refractivity contribution is -0.125. The fourth-order valence-corrected chi connectivity index (χ4v) is 3.19. The van der Waals surface area contributed by atoms with E-state index in [1.54, 1.807) is 0 Å². The van der Waals surface area contributed by atoms with Crippen molar-refractivity contribution in [3.63, 3.8) is 0 Å². The van der Waals surface area contributed by atoms with E-state index < -0.39 is 6.10 Å². The summed E-state index contributed by atoms with van der Waals surface area (Å²) in [5.41, 5.74) is 1.06. The Bertz CT molecular complexity index is 446. The summed E-state index contributed by atoms with van der Waals surface area (Å²) in [6.45, 7) is 4.23. The van der Waals surface area contributed by atoms with Crippen LogP contribution in [0.25, 0.3) is 0 Å². The van der Waals surface area contributed by atoms with E-state index in [-0.39, 0.29) is 23.8 Å². The molecule has 0 bridgehead atoms. The van der Waals surface area contributed by atoms with Crippen molar-refractivity contribution in [2.45, 2.75) is 64.0 Å². The first-order chi connectivity index (χ1) is 10.1. The van der Waals surface area contributed by atoms with Gasteiger partial charge in [0.25, 0.3) is 0 Å². The molecule has 3 nitrogen and oxygen atoms in total. The van der Waals surface area contributed by atoms with E-state index in [0.29, 0.717) is 0 Å². The van der Waals surface area contributed by atoms with Crippen molar-refractivity contribution < 1.29 is 9.90 Å². The number of amides is 1. The molecule has 1 fully saturated rings. The maximum Gasteiger partial charge on any atom is 0.228 e. The first-order valence-corrected chi connectivity index (χ1v) is 8.16. The third-order valence-corrected chi connectivity index (χ3v) is 4.71. The molecule has 2 N–H and O–H groups in total. The van der Waals surface area contributed by atoms with Crippen LogP contribution in [0.4, 0.5) is 0 Å². The molecule has 2 rings (SSSR count). The highest BCUT2D eigenvalue weighted by molar-refractivity contribution is 5.84. The van der Waals surface area contributed by atoms with E-state index >= 15 is 0 Å². The molecule has 4 atom stereocenters. The van der Waals surface area contributed by atoms with Crippen LogP contribution in [0.1, 0.15) is 57.4 Å². The molecule has 1 aromatic carbocycles. The largest absolute Gasteiger partial charge is 0.391 e. The van der Waals surface area contributed by atoms with E-state index in [2.05, 4.69) is 19.2 Å². The van der Waals surface area contributed by atoms with Crippen LogP contribution in [0, 0.1) is 5.92 Å². The number of hydrogen-bond donors (Lipinski definition) is 2. The molecule has 1 aromatic rings. The number of benzene rings is 1. The van der Waals surface area contributed by atoms with Gasteiger partial charge in [-0.05, 0) is 24.3 Å². The Labute approximate surface area is 127 Å². The molecule has 0 aliphatic heterocycles. The number of hydrogen-bond acceptors (Lipinski definition) is 2. The molecule has 0 saturated heterocycles. The van der Waals surface area contributed by atoms with Crippen LogP contribution in [0.3, 0.4) is 0 Å². The van der Waals surface area contributed by atoms with Gasteiger partial charge in [0.1, 0.15) is 0 Å². The van der Waals surface area contributed by atoms with Gasteiger partial charge in [0.15, 0.2) is 0 Å². The highest BCUT2D eigenvalue weighted by Gasteiger charge is 2.30. The van der Waals surface area contributed by atoms with E-state index in [0.717, 1.165) is 37.7 Å². The predicted molar refractivity (Wildman–Crippen MR) is 85.0 cm³/mol. The molecular formula is C18H27NO2. The van der Waals surface area contributed by atoms with Crippen LogP contribution in [-0.2, 0) is 4.79 Å². The zero-order chi connectivity index (χ0) is 15.2. The monoisotopic (exact) mass is 289 g/mol. The lowest BCUT2D eigenvalue weighted by Crippen LogP contribution is -2.47. The third kappa shape index (κ3) is 4.07. The van der Waals surface area contributed by atoms with Crippen LogP contribution in [-0.4, -0.2) is 23.2 Å². The van der Waals surface area contributed by atoms with Crippen LogP contribution in [0.15, 0.2) is 30.3 Å². The number of aliphatic hydroxyl groups is 1. The summed E-state index contributed by atoms with van der Waals surface area (Å²) < 4.78 is 0. The summed E-state index contributed by atoms with van der Waals surface area (Å²) in [6, 6.07) is 9.89. The smallest absolute Gasteiger partial charge is 0.228 e. The van der Waals surface area contributed by atoms with Gasteiger partial charge in [0, 0.05) is 0 Å². The fraction of sp³-hybridized carbons (Fsp3) is 0.611. The van der Waals surface area contributed by atoms with Crippen molar-refractivity contribution in [1.82, 2.24) is 5.32 Å². The molecule has 0 spiro atoms. The van der Waals surface area contributed by atoms with E-state index in [1.165, 1.54) is 0 Å². The molecule has 21 heavy (non-hydrogen) atoms. The van der Waals surface area contributed by atoms with Crippen molar-refractivity contribution >= 4 is 5.91 Å². The van der Waals surface area contributed by atoms with Gasteiger partial charge in [-0.1, -0.05) is 63.4 Å². The minimum absolute atomic E-state index is 0.0569. The van der Waals surface area contributed by atoms with Crippen molar-refractivity contribution in [3.05, 3.63) is 35.9 Å². The second-order valence-electron chi connectivity index (χ2n) is 6.24. The summed E-state index contributed by atoms with van der Waals surface area (Å²) >= 11 is 0. The Kier molecular flexibility index (Phi) is 5.80. The third-order valence-electron chi connectivity index (χ3n) is 4.71. The number of rotatable bonds is 5. The number of carbonyl (C=O) groups excluding carboxylic acids is 1. The van der Waals surface area contributed by atoms with Gasteiger partial charge in [0.05, 0.1) is 18.1 Å². The Morgan fingerprint density at radius 2 is 1.95 bits per heavy atom. The fourth-order valence-electron chi connectivity index (χ4n) is 3.19. The summed E-state index contributed by atoms with van der Waals surface area (Å²) in [6.07, 6.45) is 4.39. The highest BCUT2D eigenvalue weighted by atomic mass is 16.3. The van der Waals surface area contributed by atoms with Gasteiger partial charge in [0.2, 0.25) is 5.91 Å². The predicted octanol–water partition coefficient (Wildman–Crippen LogP) is 3.24. The second kappa shape index (κ2) is 7.60. The van der Waals surface area contributed by atoms with Gasteiger partial charge >= 0.3 is 0 Å². The summed E-state index contributed by atoms with van der Waals surface area (Å²) in [5.74, 6) is 0.208. The molecule has 1 saturated carbocycles. The van der Waals surface area contributed by atoms with E-state index in [1.807, 2.05) is 30.3 Å². The summed E-state index contributed by atoms with van der Waals surface area (Å²) in [5, 5.41) is 13.1. The maximum atomic E-state index is 12.7. The Hall–Kier alpha value is -1.35. The molecule has 0 radical (unpaired) electrons. The van der Waals surface area contributed by atoms with Gasteiger partial charge in [-0.2, -0.15) is 0 Å². The number of aliphatic hydroxyl groups excluding tert-OH is 1. The quantitative estimate of drug-likeness (QED) is 0.874. The van der Waals surface area contributed by atoms with Crippen LogP contribution in [0.5, 0.6) is 0 Å². The molecule has 1 aliphatic carbocycles. The first-order valence-electron chi connectivity index (χ1n) is 8.16. The minimum atomic E-state index is -0.393. The topological polar surface area (TPSA) is 49.3 Å². The first kappa shape index (κ1) is 16.0. The SMILES string of the molecule is CCC(C)C(C(=O)N[C@H]1CCCC[C@@H]1O)c1ccccc1. The molecule has 116 valence electrons. The zero-order valence-electron chi connectivity index (χ0n) is 13.1.